The van der Waals surface area contributed by atoms with Crippen LogP contribution in [0.25, 0.3) is 22.3 Å². The number of rotatable bonds is 12. The van der Waals surface area contributed by atoms with Gasteiger partial charge in [-0.15, -0.1) is 0 Å². The number of ether oxygens (including phenoxy) is 2. The third-order valence-electron chi connectivity index (χ3n) is 11.3. The number of esters is 1. The van der Waals surface area contributed by atoms with Gasteiger partial charge in [-0.05, 0) is 70.9 Å². The molecule has 4 atom stereocenters. The molecule has 6 rings (SSSR count). The summed E-state index contributed by atoms with van der Waals surface area (Å²) in [5.41, 5.74) is 8.67. The SMILES string of the molecule is COC(=O)C[C@H](C(=O)N1CCC[C@H]1C1=NC=C(c2ccc(-c3ccc(C4=CN=C([C@@H]5CCCN5C(=O)[C@@H](NC(=O)OC)C(C)C)C4)cc3)cc2)C1)C(C)C. The van der Waals surface area contributed by atoms with Gasteiger partial charge in [0.25, 0.3) is 0 Å². The lowest BCUT2D eigenvalue weighted by molar-refractivity contribution is -0.148. The molecule has 0 bridgehead atoms. The van der Waals surface area contributed by atoms with Gasteiger partial charge in [0.05, 0.1) is 38.6 Å². The van der Waals surface area contributed by atoms with E-state index in [-0.39, 0.29) is 48.1 Å². The summed E-state index contributed by atoms with van der Waals surface area (Å²) < 4.78 is 9.64. The molecule has 0 aromatic heterocycles. The summed E-state index contributed by atoms with van der Waals surface area (Å²) in [6.07, 6.45) is 8.26. The van der Waals surface area contributed by atoms with E-state index in [0.29, 0.717) is 25.9 Å². The Bertz CT molecular complexity index is 1720. The predicted molar refractivity (Wildman–Crippen MR) is 211 cm³/mol. The number of nitrogens with zero attached hydrogens (tertiary/aromatic N) is 4. The van der Waals surface area contributed by atoms with E-state index in [1.807, 2.05) is 49.9 Å². The maximum atomic E-state index is 13.6. The van der Waals surface area contributed by atoms with Crippen molar-refractivity contribution in [2.45, 2.75) is 90.8 Å². The molecule has 0 radical (unpaired) electrons. The van der Waals surface area contributed by atoms with Crippen molar-refractivity contribution in [1.82, 2.24) is 15.1 Å². The summed E-state index contributed by atoms with van der Waals surface area (Å²) in [5, 5.41) is 2.72. The summed E-state index contributed by atoms with van der Waals surface area (Å²) in [4.78, 5) is 64.6. The maximum absolute atomic E-state index is 13.6. The average molecular weight is 736 g/mol. The number of alkyl carbamates (subject to hydrolysis) is 1. The molecule has 4 aliphatic rings. The molecule has 1 N–H and O–H groups in total. The number of hydrogen-bond acceptors (Lipinski definition) is 8. The largest absolute Gasteiger partial charge is 0.469 e. The van der Waals surface area contributed by atoms with Gasteiger partial charge in [-0.1, -0.05) is 76.2 Å². The quantitative estimate of drug-likeness (QED) is 0.236. The maximum Gasteiger partial charge on any atom is 0.407 e. The number of allylic oxidation sites excluding steroid dienone is 2. The zero-order chi connectivity index (χ0) is 38.5. The number of hydrogen-bond donors (Lipinski definition) is 1. The molecule has 2 saturated heterocycles. The van der Waals surface area contributed by atoms with Crippen LogP contribution in [0, 0.1) is 17.8 Å². The molecule has 0 spiro atoms. The van der Waals surface area contributed by atoms with Gasteiger partial charge in [0.2, 0.25) is 11.8 Å². The van der Waals surface area contributed by atoms with E-state index in [9.17, 15) is 19.2 Å². The van der Waals surface area contributed by atoms with Crippen LogP contribution in [0.5, 0.6) is 0 Å². The van der Waals surface area contributed by atoms with Gasteiger partial charge in [0, 0.05) is 49.8 Å². The minimum absolute atomic E-state index is 0.0141. The molecular weight excluding hydrogens is 683 g/mol. The van der Waals surface area contributed by atoms with Gasteiger partial charge >= 0.3 is 12.1 Å². The molecule has 2 fully saturated rings. The van der Waals surface area contributed by atoms with Crippen LogP contribution in [0.1, 0.15) is 83.8 Å². The van der Waals surface area contributed by atoms with Crippen molar-refractivity contribution < 1.29 is 28.7 Å². The normalized spacial score (nSPS) is 20.7. The minimum atomic E-state index is -0.654. The van der Waals surface area contributed by atoms with Crippen molar-refractivity contribution in [2.75, 3.05) is 27.3 Å². The summed E-state index contributed by atoms with van der Waals surface area (Å²) in [7, 11) is 2.66. The molecule has 4 aliphatic heterocycles. The number of likely N-dealkylation sites (tertiary alicyclic amines) is 2. The minimum Gasteiger partial charge on any atom is -0.469 e. The first kappa shape index (κ1) is 38.7. The van der Waals surface area contributed by atoms with Crippen LogP contribution in [0.3, 0.4) is 0 Å². The zero-order valence-corrected chi connectivity index (χ0v) is 32.3. The molecule has 2 aromatic carbocycles. The fourth-order valence-corrected chi connectivity index (χ4v) is 8.12. The summed E-state index contributed by atoms with van der Waals surface area (Å²) in [6.45, 7) is 9.12. The molecule has 0 unspecified atom stereocenters. The number of nitrogens with one attached hydrogen (secondary N) is 1. The Kier molecular flexibility index (Phi) is 12.1. The van der Waals surface area contributed by atoms with E-state index in [2.05, 4.69) is 53.8 Å². The van der Waals surface area contributed by atoms with Crippen LogP contribution in [0.4, 0.5) is 4.79 Å². The number of methoxy groups -OCH3 is 2. The number of benzene rings is 2. The van der Waals surface area contributed by atoms with Crippen LogP contribution in [-0.2, 0) is 23.9 Å². The molecular formula is C43H53N5O6. The fraction of sp³-hybridized carbons (Fsp3) is 0.488. The van der Waals surface area contributed by atoms with E-state index in [4.69, 9.17) is 19.5 Å². The second kappa shape index (κ2) is 17.0. The highest BCUT2D eigenvalue weighted by Crippen LogP contribution is 2.34. The summed E-state index contributed by atoms with van der Waals surface area (Å²) in [5.74, 6) is -0.892. The standard InChI is InChI=1S/C43H53N5O6/c1-26(2)34(23-39(49)53-5)41(50)47-19-7-9-37(47)35-21-32(24-44-35)30-15-11-28(12-16-30)29-13-17-31(18-14-29)33-22-36(45-25-33)38-10-8-20-48(38)42(51)40(27(3)4)46-43(52)54-6/h11-18,24-27,34,37-38,40H,7-10,19-23H2,1-6H3,(H,46,52)/t34-,37-,38-,40-/m0/s1. The van der Waals surface area contributed by atoms with Crippen molar-refractivity contribution in [1.29, 1.82) is 0 Å². The molecule has 54 heavy (non-hydrogen) atoms. The van der Waals surface area contributed by atoms with Crippen LogP contribution in [0.15, 0.2) is 70.9 Å². The van der Waals surface area contributed by atoms with Crippen molar-refractivity contribution in [3.63, 3.8) is 0 Å². The molecule has 11 heteroatoms. The lowest BCUT2D eigenvalue weighted by Gasteiger charge is -2.31. The van der Waals surface area contributed by atoms with Crippen LogP contribution in [-0.4, -0.2) is 90.5 Å². The highest BCUT2D eigenvalue weighted by molar-refractivity contribution is 6.05. The van der Waals surface area contributed by atoms with Gasteiger partial charge in [0.15, 0.2) is 0 Å². The van der Waals surface area contributed by atoms with Crippen LogP contribution >= 0.6 is 0 Å². The Labute approximate surface area is 318 Å². The Balaban J connectivity index is 1.04. The van der Waals surface area contributed by atoms with E-state index in [1.54, 1.807) is 0 Å². The first-order valence-electron chi connectivity index (χ1n) is 19.2. The van der Waals surface area contributed by atoms with Crippen molar-refractivity contribution in [3.8, 4) is 11.1 Å². The number of aliphatic imine (C=N–C) groups is 2. The highest BCUT2D eigenvalue weighted by Gasteiger charge is 2.40. The first-order chi connectivity index (χ1) is 26.0. The molecule has 2 aromatic rings. The third-order valence-corrected chi connectivity index (χ3v) is 11.3. The Morgan fingerprint density at radius 3 is 1.57 bits per heavy atom. The van der Waals surface area contributed by atoms with Crippen molar-refractivity contribution in [3.05, 3.63) is 72.1 Å². The molecule has 0 saturated carbocycles. The highest BCUT2D eigenvalue weighted by atomic mass is 16.5. The van der Waals surface area contributed by atoms with E-state index in [1.165, 1.54) is 14.2 Å². The van der Waals surface area contributed by atoms with Crippen LogP contribution < -0.4 is 5.32 Å². The Morgan fingerprint density at radius 1 is 0.685 bits per heavy atom. The van der Waals surface area contributed by atoms with E-state index >= 15 is 0 Å². The predicted octanol–water partition coefficient (Wildman–Crippen LogP) is 6.92. The van der Waals surface area contributed by atoms with Gasteiger partial charge < -0.3 is 24.6 Å². The second-order valence-electron chi connectivity index (χ2n) is 15.4. The lowest BCUT2D eigenvalue weighted by atomic mass is 9.90. The third kappa shape index (κ3) is 8.35. The Hall–Kier alpha value is -5.06. The Morgan fingerprint density at radius 2 is 1.15 bits per heavy atom. The molecule has 4 heterocycles. The second-order valence-corrected chi connectivity index (χ2v) is 15.4. The number of amides is 3. The summed E-state index contributed by atoms with van der Waals surface area (Å²) >= 11 is 0. The van der Waals surface area contributed by atoms with Gasteiger partial charge in [-0.25, -0.2) is 4.79 Å². The molecule has 286 valence electrons. The fourth-order valence-electron chi connectivity index (χ4n) is 8.12. The van der Waals surface area contributed by atoms with Crippen LogP contribution in [0.2, 0.25) is 0 Å². The topological polar surface area (TPSA) is 130 Å². The first-order valence-corrected chi connectivity index (χ1v) is 19.2. The number of carbonyl (C=O) groups is 4. The monoisotopic (exact) mass is 735 g/mol. The van der Waals surface area contributed by atoms with Gasteiger partial charge in [-0.2, -0.15) is 0 Å². The number of carbonyl (C=O) groups excluding carboxylic acids is 4. The molecule has 11 nitrogen and oxygen atoms in total. The molecule has 0 aliphatic carbocycles. The van der Waals surface area contributed by atoms with Crippen molar-refractivity contribution >= 4 is 46.4 Å². The van der Waals surface area contributed by atoms with Crippen molar-refractivity contribution in [2.24, 2.45) is 27.7 Å². The van der Waals surface area contributed by atoms with E-state index in [0.717, 1.165) is 70.5 Å². The van der Waals surface area contributed by atoms with Gasteiger partial charge in [0.1, 0.15) is 6.04 Å². The average Bonchev–Trinajstić information content (AvgIpc) is 4.02. The summed E-state index contributed by atoms with van der Waals surface area (Å²) in [6, 6.07) is 16.3. The molecule has 3 amide bonds. The lowest BCUT2D eigenvalue weighted by Crippen LogP contribution is -2.53. The zero-order valence-electron chi connectivity index (χ0n) is 32.3. The van der Waals surface area contributed by atoms with E-state index < -0.39 is 18.1 Å². The smallest absolute Gasteiger partial charge is 0.407 e. The van der Waals surface area contributed by atoms with Gasteiger partial charge in [-0.3, -0.25) is 24.4 Å².